The van der Waals surface area contributed by atoms with E-state index >= 15 is 0 Å². The smallest absolute Gasteiger partial charge is 0.337 e. The number of ether oxygens (including phenoxy) is 1. The van der Waals surface area contributed by atoms with Crippen LogP contribution in [0.25, 0.3) is 0 Å². The SMILES string of the molecule is COC(=O)c1cccc(NC(=O)c2ccc(NC3=C(Cl)C(=O)N(c4cc(Cl)c(Cl)cc4Cl)C3=O)cc2)c1. The van der Waals surface area contributed by atoms with Crippen molar-refractivity contribution in [3.63, 3.8) is 0 Å². The van der Waals surface area contributed by atoms with Crippen molar-refractivity contribution in [3.8, 4) is 0 Å². The number of halogens is 4. The fraction of sp³-hybridized carbons (Fsp3) is 0.0400. The highest BCUT2D eigenvalue weighted by Crippen LogP contribution is 2.38. The van der Waals surface area contributed by atoms with E-state index in [4.69, 9.17) is 46.4 Å². The average Bonchev–Trinajstić information content (AvgIpc) is 3.09. The van der Waals surface area contributed by atoms with Crippen molar-refractivity contribution in [1.82, 2.24) is 0 Å². The molecule has 1 aliphatic heterocycles. The number of esters is 1. The Labute approximate surface area is 230 Å². The zero-order valence-corrected chi connectivity index (χ0v) is 21.8. The third kappa shape index (κ3) is 5.42. The van der Waals surface area contributed by atoms with Crippen LogP contribution in [-0.4, -0.2) is 30.8 Å². The Hall–Kier alpha value is -3.56. The van der Waals surface area contributed by atoms with Crippen LogP contribution in [0.5, 0.6) is 0 Å². The van der Waals surface area contributed by atoms with Crippen LogP contribution in [0.3, 0.4) is 0 Å². The van der Waals surface area contributed by atoms with Gasteiger partial charge in [-0.05, 0) is 54.6 Å². The van der Waals surface area contributed by atoms with Crippen LogP contribution < -0.4 is 15.5 Å². The van der Waals surface area contributed by atoms with Gasteiger partial charge in [-0.1, -0.05) is 52.5 Å². The lowest BCUT2D eigenvalue weighted by atomic mass is 10.1. The second kappa shape index (κ2) is 10.8. The summed E-state index contributed by atoms with van der Waals surface area (Å²) in [5, 5.41) is 5.45. The summed E-state index contributed by atoms with van der Waals surface area (Å²) in [6, 6.07) is 15.0. The highest BCUT2D eigenvalue weighted by atomic mass is 35.5. The zero-order chi connectivity index (χ0) is 26.9. The Bertz CT molecular complexity index is 1490. The minimum atomic E-state index is -0.792. The number of benzene rings is 3. The van der Waals surface area contributed by atoms with E-state index in [0.717, 1.165) is 4.90 Å². The highest BCUT2D eigenvalue weighted by Gasteiger charge is 2.40. The van der Waals surface area contributed by atoms with Gasteiger partial charge in [-0.25, -0.2) is 9.69 Å². The molecule has 3 amide bonds. The van der Waals surface area contributed by atoms with E-state index in [1.165, 1.54) is 49.6 Å². The maximum atomic E-state index is 13.0. The van der Waals surface area contributed by atoms with Crippen LogP contribution >= 0.6 is 46.4 Å². The van der Waals surface area contributed by atoms with Gasteiger partial charge in [0.1, 0.15) is 10.7 Å². The van der Waals surface area contributed by atoms with Crippen molar-refractivity contribution >= 4 is 87.2 Å². The molecule has 188 valence electrons. The van der Waals surface area contributed by atoms with Gasteiger partial charge >= 0.3 is 5.97 Å². The number of hydrogen-bond acceptors (Lipinski definition) is 6. The molecule has 1 aliphatic rings. The molecule has 12 heteroatoms. The predicted octanol–water partition coefficient (Wildman–Crippen LogP) is 6.12. The summed E-state index contributed by atoms with van der Waals surface area (Å²) in [5.41, 5.74) is 1.24. The second-order valence-corrected chi connectivity index (χ2v) is 9.18. The standard InChI is InChI=1S/C25H15Cl4N3O5/c1-37-25(36)13-3-2-4-15(9-13)31-22(33)12-5-7-14(8-6-12)30-21-20(29)23(34)32(24(21)35)19-11-17(27)16(26)10-18(19)28/h2-11,30H,1H3,(H,31,33). The summed E-state index contributed by atoms with van der Waals surface area (Å²) < 4.78 is 4.68. The molecule has 0 saturated heterocycles. The third-order valence-electron chi connectivity index (χ3n) is 5.22. The second-order valence-electron chi connectivity index (χ2n) is 7.58. The van der Waals surface area contributed by atoms with E-state index in [1.54, 1.807) is 18.2 Å². The summed E-state index contributed by atoms with van der Waals surface area (Å²) >= 11 is 24.3. The molecule has 0 radical (unpaired) electrons. The maximum Gasteiger partial charge on any atom is 0.337 e. The molecule has 4 rings (SSSR count). The number of nitrogens with one attached hydrogen (secondary N) is 2. The lowest BCUT2D eigenvalue weighted by molar-refractivity contribution is -0.120. The molecule has 1 heterocycles. The number of imide groups is 1. The minimum Gasteiger partial charge on any atom is -0.465 e. The van der Waals surface area contributed by atoms with Gasteiger partial charge in [-0.3, -0.25) is 14.4 Å². The Morgan fingerprint density at radius 3 is 2.14 bits per heavy atom. The van der Waals surface area contributed by atoms with Crippen LogP contribution in [0, 0.1) is 0 Å². The van der Waals surface area contributed by atoms with E-state index in [9.17, 15) is 19.2 Å². The van der Waals surface area contributed by atoms with Crippen LogP contribution in [0.4, 0.5) is 17.1 Å². The molecule has 2 N–H and O–H groups in total. The molecule has 0 atom stereocenters. The van der Waals surface area contributed by atoms with Gasteiger partial charge in [0.2, 0.25) is 0 Å². The Balaban J connectivity index is 1.49. The minimum absolute atomic E-state index is 0.0318. The van der Waals surface area contributed by atoms with E-state index in [1.807, 2.05) is 0 Å². The Morgan fingerprint density at radius 2 is 1.46 bits per heavy atom. The first-order valence-electron chi connectivity index (χ1n) is 10.4. The van der Waals surface area contributed by atoms with Gasteiger partial charge in [0.25, 0.3) is 17.7 Å². The van der Waals surface area contributed by atoms with Crippen LogP contribution in [0.15, 0.2) is 71.4 Å². The van der Waals surface area contributed by atoms with Gasteiger partial charge in [-0.2, -0.15) is 0 Å². The molecule has 0 bridgehead atoms. The van der Waals surface area contributed by atoms with Crippen molar-refractivity contribution in [2.24, 2.45) is 0 Å². The average molecular weight is 579 g/mol. The summed E-state index contributed by atoms with van der Waals surface area (Å²) in [6.45, 7) is 0. The van der Waals surface area contributed by atoms with Gasteiger partial charge in [0, 0.05) is 16.9 Å². The molecule has 0 aliphatic carbocycles. The summed E-state index contributed by atoms with van der Waals surface area (Å²) in [6.07, 6.45) is 0. The zero-order valence-electron chi connectivity index (χ0n) is 18.8. The molecule has 0 saturated carbocycles. The lowest BCUT2D eigenvalue weighted by Gasteiger charge is -2.17. The highest BCUT2D eigenvalue weighted by molar-refractivity contribution is 6.54. The van der Waals surface area contributed by atoms with Crippen molar-refractivity contribution in [3.05, 3.63) is 97.6 Å². The molecular formula is C25H15Cl4N3O5. The first-order valence-corrected chi connectivity index (χ1v) is 11.9. The van der Waals surface area contributed by atoms with Crippen molar-refractivity contribution in [2.75, 3.05) is 22.6 Å². The number of amides is 3. The Kier molecular flexibility index (Phi) is 7.75. The number of nitrogens with zero attached hydrogens (tertiary/aromatic N) is 1. The molecule has 0 unspecified atom stereocenters. The van der Waals surface area contributed by atoms with Gasteiger partial charge < -0.3 is 15.4 Å². The van der Waals surface area contributed by atoms with Crippen LogP contribution in [0.2, 0.25) is 15.1 Å². The summed E-state index contributed by atoms with van der Waals surface area (Å²) in [4.78, 5) is 50.9. The van der Waals surface area contributed by atoms with Gasteiger partial charge in [0.15, 0.2) is 0 Å². The number of carbonyl (C=O) groups excluding carboxylic acids is 4. The van der Waals surface area contributed by atoms with E-state index in [-0.39, 0.29) is 37.0 Å². The number of carbonyl (C=O) groups is 4. The third-order valence-corrected chi connectivity index (χ3v) is 6.59. The van der Waals surface area contributed by atoms with Gasteiger partial charge in [0.05, 0.1) is 33.4 Å². The number of anilines is 3. The quantitative estimate of drug-likeness (QED) is 0.207. The van der Waals surface area contributed by atoms with Crippen molar-refractivity contribution in [2.45, 2.75) is 0 Å². The molecule has 37 heavy (non-hydrogen) atoms. The summed E-state index contributed by atoms with van der Waals surface area (Å²) in [7, 11) is 1.27. The van der Waals surface area contributed by atoms with E-state index in [0.29, 0.717) is 16.9 Å². The van der Waals surface area contributed by atoms with E-state index in [2.05, 4.69) is 15.4 Å². The molecule has 3 aromatic rings. The lowest BCUT2D eigenvalue weighted by Crippen LogP contribution is -2.32. The largest absolute Gasteiger partial charge is 0.465 e. The molecule has 0 spiro atoms. The summed E-state index contributed by atoms with van der Waals surface area (Å²) in [5.74, 6) is -2.50. The monoisotopic (exact) mass is 577 g/mol. The van der Waals surface area contributed by atoms with Crippen molar-refractivity contribution in [1.29, 1.82) is 0 Å². The number of methoxy groups -OCH3 is 1. The van der Waals surface area contributed by atoms with E-state index < -0.39 is 23.7 Å². The number of hydrogen-bond donors (Lipinski definition) is 2. The molecule has 0 fully saturated rings. The van der Waals surface area contributed by atoms with Gasteiger partial charge in [-0.15, -0.1) is 0 Å². The first-order chi connectivity index (χ1) is 17.6. The number of rotatable bonds is 6. The fourth-order valence-electron chi connectivity index (χ4n) is 3.41. The Morgan fingerprint density at radius 1 is 0.784 bits per heavy atom. The van der Waals surface area contributed by atoms with Crippen molar-refractivity contribution < 1.29 is 23.9 Å². The molecule has 0 aromatic heterocycles. The molecule has 8 nitrogen and oxygen atoms in total. The fourth-order valence-corrected chi connectivity index (χ4v) is 4.25. The normalized spacial score (nSPS) is 13.2. The maximum absolute atomic E-state index is 13.0. The molecule has 3 aromatic carbocycles. The predicted molar refractivity (Wildman–Crippen MR) is 143 cm³/mol. The first kappa shape index (κ1) is 26.5. The molecular weight excluding hydrogens is 564 g/mol. The topological polar surface area (TPSA) is 105 Å². The van der Waals surface area contributed by atoms with Crippen LogP contribution in [-0.2, 0) is 14.3 Å². The van der Waals surface area contributed by atoms with Crippen LogP contribution in [0.1, 0.15) is 20.7 Å².